The molecule has 1 fully saturated rings. The molecular weight excluding hydrogens is 208 g/mol. The number of nitrogens with two attached hydrogens (primary N) is 1. The molecule has 94 valence electrons. The number of nitrogens with zero attached hydrogens (tertiary/aromatic N) is 1. The smallest absolute Gasteiger partial charge is 0.0399 e. The number of hydrogen-bond acceptors (Lipinski definition) is 2. The lowest BCUT2D eigenvalue weighted by Gasteiger charge is -2.23. The Labute approximate surface area is 105 Å². The van der Waals surface area contributed by atoms with E-state index in [1.807, 2.05) is 0 Å². The molecule has 2 rings (SSSR count). The molecule has 1 saturated heterocycles. The Morgan fingerprint density at radius 3 is 2.82 bits per heavy atom. The maximum Gasteiger partial charge on any atom is 0.0399 e. The summed E-state index contributed by atoms with van der Waals surface area (Å²) in [5, 5.41) is 0. The average molecular weight is 232 g/mol. The molecule has 1 aliphatic rings. The Balaban J connectivity index is 2.15. The molecule has 0 saturated carbocycles. The van der Waals surface area contributed by atoms with Crippen LogP contribution in [0, 0.1) is 5.92 Å². The molecule has 1 aliphatic heterocycles. The minimum atomic E-state index is 0.288. The number of hydrogen-bond donors (Lipinski definition) is 1. The first-order valence-corrected chi connectivity index (χ1v) is 6.79. The lowest BCUT2D eigenvalue weighted by Crippen LogP contribution is -2.25. The van der Waals surface area contributed by atoms with Gasteiger partial charge in [-0.3, -0.25) is 0 Å². The second kappa shape index (κ2) is 5.54. The van der Waals surface area contributed by atoms with E-state index in [2.05, 4.69) is 43.0 Å². The van der Waals surface area contributed by atoms with Crippen LogP contribution in [0.3, 0.4) is 0 Å². The van der Waals surface area contributed by atoms with Crippen molar-refractivity contribution in [2.45, 2.75) is 39.2 Å². The summed E-state index contributed by atoms with van der Waals surface area (Å²) in [4.78, 5) is 2.52. The van der Waals surface area contributed by atoms with Gasteiger partial charge in [0.15, 0.2) is 0 Å². The Morgan fingerprint density at radius 1 is 1.41 bits per heavy atom. The maximum atomic E-state index is 6.08. The Morgan fingerprint density at radius 2 is 2.18 bits per heavy atom. The second-order valence-corrected chi connectivity index (χ2v) is 5.34. The summed E-state index contributed by atoms with van der Waals surface area (Å²) < 4.78 is 0. The molecule has 17 heavy (non-hydrogen) atoms. The summed E-state index contributed by atoms with van der Waals surface area (Å²) in [5.74, 6) is 0.822. The zero-order chi connectivity index (χ0) is 12.3. The maximum absolute atomic E-state index is 6.08. The largest absolute Gasteiger partial charge is 0.371 e. The van der Waals surface area contributed by atoms with E-state index in [4.69, 9.17) is 5.73 Å². The van der Waals surface area contributed by atoms with Gasteiger partial charge in [0.2, 0.25) is 0 Å². The minimum Gasteiger partial charge on any atom is -0.371 e. The van der Waals surface area contributed by atoms with E-state index in [0.29, 0.717) is 0 Å². The third-order valence-electron chi connectivity index (χ3n) is 3.76. The fourth-order valence-corrected chi connectivity index (χ4v) is 2.57. The van der Waals surface area contributed by atoms with Crippen molar-refractivity contribution < 1.29 is 0 Å². The van der Waals surface area contributed by atoms with Crippen molar-refractivity contribution in [2.75, 3.05) is 18.0 Å². The van der Waals surface area contributed by atoms with Crippen LogP contribution in [-0.2, 0) is 6.42 Å². The average Bonchev–Trinajstić information content (AvgIpc) is 2.76. The zero-order valence-corrected chi connectivity index (χ0v) is 11.0. The first kappa shape index (κ1) is 12.4. The van der Waals surface area contributed by atoms with Crippen LogP contribution >= 0.6 is 0 Å². The molecule has 0 spiro atoms. The third-order valence-corrected chi connectivity index (χ3v) is 3.76. The van der Waals surface area contributed by atoms with Crippen LogP contribution in [0.25, 0.3) is 0 Å². The molecule has 0 radical (unpaired) electrons. The van der Waals surface area contributed by atoms with Crippen molar-refractivity contribution in [3.63, 3.8) is 0 Å². The van der Waals surface area contributed by atoms with Gasteiger partial charge in [0.1, 0.15) is 0 Å². The summed E-state index contributed by atoms with van der Waals surface area (Å²) in [7, 11) is 0. The standard InChI is InChI=1S/C15H24N2/c1-3-14(16)10-13-6-4-5-7-15(13)17-9-8-12(2)11-17/h4-7,12,14H,3,8-11,16H2,1-2H3. The van der Waals surface area contributed by atoms with Crippen molar-refractivity contribution in [1.82, 2.24) is 0 Å². The first-order chi connectivity index (χ1) is 8.20. The molecule has 1 heterocycles. The molecule has 1 aromatic carbocycles. The van der Waals surface area contributed by atoms with Crippen LogP contribution in [0.2, 0.25) is 0 Å². The van der Waals surface area contributed by atoms with Crippen molar-refractivity contribution in [3.8, 4) is 0 Å². The van der Waals surface area contributed by atoms with E-state index in [-0.39, 0.29) is 6.04 Å². The molecule has 0 bridgehead atoms. The van der Waals surface area contributed by atoms with Gasteiger partial charge in [-0.2, -0.15) is 0 Å². The molecule has 0 aromatic heterocycles. The Bertz CT molecular complexity index is 362. The summed E-state index contributed by atoms with van der Waals surface area (Å²) >= 11 is 0. The van der Waals surface area contributed by atoms with Crippen LogP contribution < -0.4 is 10.6 Å². The lowest BCUT2D eigenvalue weighted by molar-refractivity contribution is 0.643. The second-order valence-electron chi connectivity index (χ2n) is 5.34. The number of benzene rings is 1. The van der Waals surface area contributed by atoms with E-state index in [0.717, 1.165) is 18.8 Å². The van der Waals surface area contributed by atoms with Gasteiger partial charge in [-0.05, 0) is 36.8 Å². The van der Waals surface area contributed by atoms with Crippen LogP contribution in [0.5, 0.6) is 0 Å². The predicted octanol–water partition coefficient (Wildman–Crippen LogP) is 2.81. The molecule has 1 aromatic rings. The highest BCUT2D eigenvalue weighted by atomic mass is 15.1. The molecular formula is C15H24N2. The van der Waals surface area contributed by atoms with Crippen molar-refractivity contribution >= 4 is 5.69 Å². The highest BCUT2D eigenvalue weighted by Crippen LogP contribution is 2.27. The van der Waals surface area contributed by atoms with E-state index in [1.54, 1.807) is 0 Å². The van der Waals surface area contributed by atoms with E-state index < -0.39 is 0 Å². The summed E-state index contributed by atoms with van der Waals surface area (Å²) in [5.41, 5.74) is 8.90. The van der Waals surface area contributed by atoms with E-state index in [9.17, 15) is 0 Å². The Kier molecular flexibility index (Phi) is 4.06. The molecule has 0 amide bonds. The molecule has 2 unspecified atom stereocenters. The first-order valence-electron chi connectivity index (χ1n) is 6.79. The fourth-order valence-electron chi connectivity index (χ4n) is 2.57. The van der Waals surface area contributed by atoms with Crippen LogP contribution in [0.4, 0.5) is 5.69 Å². The van der Waals surface area contributed by atoms with Gasteiger partial charge in [0, 0.05) is 24.8 Å². The van der Waals surface area contributed by atoms with E-state index >= 15 is 0 Å². The molecule has 2 heteroatoms. The van der Waals surface area contributed by atoms with Crippen molar-refractivity contribution in [2.24, 2.45) is 11.7 Å². The van der Waals surface area contributed by atoms with Crippen LogP contribution in [-0.4, -0.2) is 19.1 Å². The quantitative estimate of drug-likeness (QED) is 0.865. The third kappa shape index (κ3) is 3.01. The van der Waals surface area contributed by atoms with Gasteiger partial charge < -0.3 is 10.6 Å². The Hall–Kier alpha value is -1.02. The summed E-state index contributed by atoms with van der Waals surface area (Å²) in [6, 6.07) is 9.03. The minimum absolute atomic E-state index is 0.288. The predicted molar refractivity (Wildman–Crippen MR) is 74.4 cm³/mol. The number of anilines is 1. The molecule has 2 N–H and O–H groups in total. The normalized spacial score (nSPS) is 21.8. The van der Waals surface area contributed by atoms with Crippen LogP contribution in [0.1, 0.15) is 32.3 Å². The van der Waals surface area contributed by atoms with Crippen molar-refractivity contribution in [1.29, 1.82) is 0 Å². The van der Waals surface area contributed by atoms with Gasteiger partial charge >= 0.3 is 0 Å². The van der Waals surface area contributed by atoms with Gasteiger partial charge in [-0.25, -0.2) is 0 Å². The van der Waals surface area contributed by atoms with Gasteiger partial charge in [0.25, 0.3) is 0 Å². The zero-order valence-electron chi connectivity index (χ0n) is 11.0. The number of para-hydroxylation sites is 1. The highest BCUT2D eigenvalue weighted by molar-refractivity contribution is 5.54. The SMILES string of the molecule is CCC(N)Cc1ccccc1N1CCC(C)C1. The van der Waals surface area contributed by atoms with Gasteiger partial charge in [0.05, 0.1) is 0 Å². The molecule has 2 nitrogen and oxygen atoms in total. The fraction of sp³-hybridized carbons (Fsp3) is 0.600. The lowest BCUT2D eigenvalue weighted by atomic mass is 10.0. The molecule has 2 atom stereocenters. The topological polar surface area (TPSA) is 29.3 Å². The van der Waals surface area contributed by atoms with Gasteiger partial charge in [-0.15, -0.1) is 0 Å². The van der Waals surface area contributed by atoms with Gasteiger partial charge in [-0.1, -0.05) is 32.0 Å². The van der Waals surface area contributed by atoms with E-state index in [1.165, 1.54) is 30.8 Å². The summed E-state index contributed by atoms with van der Waals surface area (Å²) in [6.07, 6.45) is 3.36. The number of rotatable bonds is 4. The van der Waals surface area contributed by atoms with Crippen LogP contribution in [0.15, 0.2) is 24.3 Å². The van der Waals surface area contributed by atoms with Crippen molar-refractivity contribution in [3.05, 3.63) is 29.8 Å². The summed E-state index contributed by atoms with van der Waals surface area (Å²) in [6.45, 7) is 6.88. The monoisotopic (exact) mass is 232 g/mol. The molecule has 0 aliphatic carbocycles. The highest BCUT2D eigenvalue weighted by Gasteiger charge is 2.20.